The summed E-state index contributed by atoms with van der Waals surface area (Å²) in [5.74, 6) is -1.20. The second-order valence-electron chi connectivity index (χ2n) is 5.11. The molecular formula is C13H16Cl2N2O3S. The lowest BCUT2D eigenvalue weighted by Crippen LogP contribution is -2.29. The first-order chi connectivity index (χ1) is 9.79. The topological polar surface area (TPSA) is 89.3 Å². The molecule has 0 radical (unpaired) electrons. The summed E-state index contributed by atoms with van der Waals surface area (Å²) in [6, 6.07) is 2.87. The molecule has 0 unspecified atom stereocenters. The van der Waals surface area contributed by atoms with Crippen LogP contribution in [-0.2, 0) is 14.6 Å². The normalized spacial score (nSPS) is 16.1. The maximum Gasteiger partial charge on any atom is 0.239 e. The van der Waals surface area contributed by atoms with E-state index in [-0.39, 0.29) is 16.4 Å². The van der Waals surface area contributed by atoms with Crippen molar-refractivity contribution in [2.24, 2.45) is 0 Å². The Balaban J connectivity index is 2.09. The van der Waals surface area contributed by atoms with Crippen molar-refractivity contribution in [3.05, 3.63) is 22.2 Å². The predicted octanol–water partition coefficient (Wildman–Crippen LogP) is 2.87. The van der Waals surface area contributed by atoms with E-state index in [1.807, 2.05) is 0 Å². The molecule has 5 nitrogen and oxygen atoms in total. The summed E-state index contributed by atoms with van der Waals surface area (Å²) >= 11 is 11.7. The SMILES string of the molecule is Nc1cc(Cl)cc(Cl)c1NC(=O)CS(=O)(=O)C1CCCC1. The molecule has 21 heavy (non-hydrogen) atoms. The van der Waals surface area contributed by atoms with Crippen LogP contribution in [0.5, 0.6) is 0 Å². The Morgan fingerprint density at radius 1 is 1.29 bits per heavy atom. The van der Waals surface area contributed by atoms with Crippen molar-refractivity contribution < 1.29 is 13.2 Å². The van der Waals surface area contributed by atoms with Crippen molar-refractivity contribution in [1.82, 2.24) is 0 Å². The number of sulfone groups is 1. The van der Waals surface area contributed by atoms with Crippen LogP contribution in [0.4, 0.5) is 11.4 Å². The van der Waals surface area contributed by atoms with Gasteiger partial charge in [0.05, 0.1) is 21.6 Å². The summed E-state index contributed by atoms with van der Waals surface area (Å²) < 4.78 is 24.2. The minimum Gasteiger partial charge on any atom is -0.397 e. The second kappa shape index (κ2) is 6.42. The summed E-state index contributed by atoms with van der Waals surface area (Å²) in [6.45, 7) is 0. The van der Waals surface area contributed by atoms with Crippen LogP contribution in [0.3, 0.4) is 0 Å². The van der Waals surface area contributed by atoms with E-state index in [0.717, 1.165) is 12.8 Å². The van der Waals surface area contributed by atoms with Crippen molar-refractivity contribution in [3.63, 3.8) is 0 Å². The average Bonchev–Trinajstić information content (AvgIpc) is 2.87. The zero-order valence-electron chi connectivity index (χ0n) is 11.2. The maximum absolute atomic E-state index is 12.1. The van der Waals surface area contributed by atoms with E-state index in [4.69, 9.17) is 28.9 Å². The number of hydrogen-bond acceptors (Lipinski definition) is 4. The zero-order valence-corrected chi connectivity index (χ0v) is 13.6. The lowest BCUT2D eigenvalue weighted by Gasteiger charge is -2.13. The first-order valence-corrected chi connectivity index (χ1v) is 9.02. The Morgan fingerprint density at radius 2 is 1.90 bits per heavy atom. The van der Waals surface area contributed by atoms with Crippen LogP contribution >= 0.6 is 23.2 Å². The van der Waals surface area contributed by atoms with Gasteiger partial charge >= 0.3 is 0 Å². The zero-order chi connectivity index (χ0) is 15.6. The van der Waals surface area contributed by atoms with E-state index >= 15 is 0 Å². The van der Waals surface area contributed by atoms with Gasteiger partial charge in [-0.05, 0) is 25.0 Å². The Bertz CT molecular complexity index is 632. The van der Waals surface area contributed by atoms with Gasteiger partial charge in [-0.2, -0.15) is 0 Å². The molecule has 0 atom stereocenters. The number of nitrogens with two attached hydrogens (primary N) is 1. The first kappa shape index (κ1) is 16.4. The van der Waals surface area contributed by atoms with E-state index in [2.05, 4.69) is 5.32 Å². The lowest BCUT2D eigenvalue weighted by atomic mass is 10.2. The molecule has 3 N–H and O–H groups in total. The molecule has 0 heterocycles. The van der Waals surface area contributed by atoms with Crippen LogP contribution in [0.15, 0.2) is 12.1 Å². The van der Waals surface area contributed by atoms with Crippen molar-refractivity contribution in [2.75, 3.05) is 16.8 Å². The third-order valence-electron chi connectivity index (χ3n) is 3.49. The number of nitrogen functional groups attached to an aromatic ring is 1. The van der Waals surface area contributed by atoms with Crippen molar-refractivity contribution in [2.45, 2.75) is 30.9 Å². The molecule has 1 aliphatic rings. The van der Waals surface area contributed by atoms with Gasteiger partial charge in [0.1, 0.15) is 5.75 Å². The molecule has 1 aromatic rings. The number of benzene rings is 1. The summed E-state index contributed by atoms with van der Waals surface area (Å²) in [5.41, 5.74) is 6.10. The van der Waals surface area contributed by atoms with Gasteiger partial charge in [0, 0.05) is 5.02 Å². The minimum atomic E-state index is -3.44. The molecule has 0 bridgehead atoms. The summed E-state index contributed by atoms with van der Waals surface area (Å²) in [7, 11) is -3.44. The Labute approximate surface area is 133 Å². The fraction of sp³-hybridized carbons (Fsp3) is 0.462. The molecule has 8 heteroatoms. The van der Waals surface area contributed by atoms with Gasteiger partial charge in [-0.3, -0.25) is 4.79 Å². The number of amides is 1. The molecule has 1 saturated carbocycles. The molecule has 1 aromatic carbocycles. The van der Waals surface area contributed by atoms with Crippen LogP contribution in [0.1, 0.15) is 25.7 Å². The number of anilines is 2. The van der Waals surface area contributed by atoms with Crippen molar-refractivity contribution in [1.29, 1.82) is 0 Å². The minimum absolute atomic E-state index is 0.173. The number of rotatable bonds is 4. The van der Waals surface area contributed by atoms with Gasteiger partial charge in [-0.15, -0.1) is 0 Å². The number of carbonyl (C=O) groups excluding carboxylic acids is 1. The second-order valence-corrected chi connectivity index (χ2v) is 8.24. The van der Waals surface area contributed by atoms with Gasteiger partial charge in [0.25, 0.3) is 0 Å². The van der Waals surface area contributed by atoms with E-state index in [1.165, 1.54) is 12.1 Å². The Morgan fingerprint density at radius 3 is 2.48 bits per heavy atom. The molecule has 0 spiro atoms. The van der Waals surface area contributed by atoms with Gasteiger partial charge in [0.15, 0.2) is 9.84 Å². The molecule has 1 amide bonds. The molecule has 1 aliphatic carbocycles. The van der Waals surface area contributed by atoms with Crippen LogP contribution in [-0.4, -0.2) is 25.3 Å². The quantitative estimate of drug-likeness (QED) is 0.817. The van der Waals surface area contributed by atoms with E-state index in [1.54, 1.807) is 0 Å². The largest absolute Gasteiger partial charge is 0.397 e. The first-order valence-electron chi connectivity index (χ1n) is 6.55. The summed E-state index contributed by atoms with van der Waals surface area (Å²) in [5, 5.41) is 2.55. The fourth-order valence-electron chi connectivity index (χ4n) is 2.45. The molecule has 0 aromatic heterocycles. The molecule has 0 aliphatic heterocycles. The number of hydrogen-bond donors (Lipinski definition) is 2. The maximum atomic E-state index is 12.1. The van der Waals surface area contributed by atoms with Crippen molar-refractivity contribution in [3.8, 4) is 0 Å². The Kier molecular flexibility index (Phi) is 5.01. The highest BCUT2D eigenvalue weighted by Gasteiger charge is 2.30. The van der Waals surface area contributed by atoms with Crippen molar-refractivity contribution >= 4 is 50.3 Å². The van der Waals surface area contributed by atoms with E-state index in [9.17, 15) is 13.2 Å². The molecule has 2 rings (SSSR count). The smallest absolute Gasteiger partial charge is 0.239 e. The summed E-state index contributed by atoms with van der Waals surface area (Å²) in [6.07, 6.45) is 3.03. The number of nitrogens with one attached hydrogen (secondary N) is 1. The average molecular weight is 351 g/mol. The Hall–Kier alpha value is -0.980. The van der Waals surface area contributed by atoms with E-state index < -0.39 is 26.7 Å². The number of halogens is 2. The van der Waals surface area contributed by atoms with E-state index in [0.29, 0.717) is 17.9 Å². The van der Waals surface area contributed by atoms with Gasteiger partial charge in [0.2, 0.25) is 5.91 Å². The van der Waals surface area contributed by atoms with Gasteiger partial charge < -0.3 is 11.1 Å². The predicted molar refractivity (Wildman–Crippen MR) is 85.5 cm³/mol. The third kappa shape index (κ3) is 4.02. The van der Waals surface area contributed by atoms with Crippen LogP contribution in [0.2, 0.25) is 10.0 Å². The fourth-order valence-corrected chi connectivity index (χ4v) is 4.73. The third-order valence-corrected chi connectivity index (χ3v) is 6.16. The highest BCUT2D eigenvalue weighted by Crippen LogP contribution is 2.32. The standard InChI is InChI=1S/C13H16Cl2N2O3S/c14-8-5-10(15)13(11(16)6-8)17-12(18)7-21(19,20)9-3-1-2-4-9/h5-6,9H,1-4,7,16H2,(H,17,18). The van der Waals surface area contributed by atoms with Gasteiger partial charge in [-0.1, -0.05) is 36.0 Å². The highest BCUT2D eigenvalue weighted by atomic mass is 35.5. The molecule has 116 valence electrons. The van der Waals surface area contributed by atoms with Crippen LogP contribution < -0.4 is 11.1 Å². The van der Waals surface area contributed by atoms with Crippen LogP contribution in [0, 0.1) is 0 Å². The summed E-state index contributed by atoms with van der Waals surface area (Å²) in [4.78, 5) is 11.9. The molecule has 0 saturated heterocycles. The molecule has 1 fully saturated rings. The van der Waals surface area contributed by atoms with Crippen LogP contribution in [0.25, 0.3) is 0 Å². The van der Waals surface area contributed by atoms with Gasteiger partial charge in [-0.25, -0.2) is 8.42 Å². The highest BCUT2D eigenvalue weighted by molar-refractivity contribution is 7.92. The monoisotopic (exact) mass is 350 g/mol. The lowest BCUT2D eigenvalue weighted by molar-refractivity contribution is -0.113. The molecular weight excluding hydrogens is 335 g/mol. The number of carbonyl (C=O) groups is 1.